The fraction of sp³-hybridized carbons (Fsp3) is 0.0769. The summed E-state index contributed by atoms with van der Waals surface area (Å²) >= 11 is 5.82. The average molecular weight is 253 g/mol. The summed E-state index contributed by atoms with van der Waals surface area (Å²) in [7, 11) is 0. The highest BCUT2D eigenvalue weighted by Crippen LogP contribution is 2.27. The van der Waals surface area contributed by atoms with E-state index in [1.54, 1.807) is 24.3 Å². The number of hydrogen-bond acceptors (Lipinski definition) is 2. The molecule has 2 aromatic carbocycles. The minimum atomic E-state index is -0.410. The molecule has 0 amide bonds. The summed E-state index contributed by atoms with van der Waals surface area (Å²) in [6, 6.07) is 10.8. The molecule has 0 aliphatic rings. The van der Waals surface area contributed by atoms with E-state index in [2.05, 4.69) is 0 Å². The van der Waals surface area contributed by atoms with Gasteiger partial charge in [-0.1, -0.05) is 17.7 Å². The molecule has 0 unspecified atom stereocenters. The van der Waals surface area contributed by atoms with E-state index in [0.717, 1.165) is 0 Å². The molecule has 0 spiro atoms. The zero-order chi connectivity index (χ0) is 12.3. The summed E-state index contributed by atoms with van der Waals surface area (Å²) in [5.41, 5.74) is 0.393. The lowest BCUT2D eigenvalue weighted by Gasteiger charge is -2.09. The van der Waals surface area contributed by atoms with E-state index < -0.39 is 5.82 Å². The van der Waals surface area contributed by atoms with Gasteiger partial charge in [0.2, 0.25) is 0 Å². The maximum atomic E-state index is 12.9. The van der Waals surface area contributed by atoms with Crippen LogP contribution in [0.4, 0.5) is 4.39 Å². The van der Waals surface area contributed by atoms with Crippen molar-refractivity contribution in [2.45, 2.75) is 6.61 Å². The van der Waals surface area contributed by atoms with Gasteiger partial charge in [0.25, 0.3) is 0 Å². The quantitative estimate of drug-likeness (QED) is 0.901. The minimum Gasteiger partial charge on any atom is -0.457 e. The van der Waals surface area contributed by atoms with Gasteiger partial charge in [0.05, 0.1) is 6.61 Å². The molecule has 17 heavy (non-hydrogen) atoms. The zero-order valence-electron chi connectivity index (χ0n) is 8.86. The van der Waals surface area contributed by atoms with Crippen LogP contribution in [-0.4, -0.2) is 5.11 Å². The van der Waals surface area contributed by atoms with Gasteiger partial charge in [0, 0.05) is 10.6 Å². The van der Waals surface area contributed by atoms with Crippen molar-refractivity contribution < 1.29 is 14.2 Å². The zero-order valence-corrected chi connectivity index (χ0v) is 9.62. The summed E-state index contributed by atoms with van der Waals surface area (Å²) < 4.78 is 18.5. The van der Waals surface area contributed by atoms with Crippen LogP contribution in [0.15, 0.2) is 42.5 Å². The minimum absolute atomic E-state index is 0.284. The second kappa shape index (κ2) is 5.17. The molecule has 0 aliphatic heterocycles. The summed E-state index contributed by atoms with van der Waals surface area (Å²) in [5, 5.41) is 9.65. The Labute approximate surface area is 103 Å². The summed E-state index contributed by atoms with van der Waals surface area (Å²) in [6.07, 6.45) is 0. The molecule has 0 aliphatic carbocycles. The topological polar surface area (TPSA) is 29.5 Å². The molecular formula is C13H10ClFO2. The molecule has 4 heteroatoms. The van der Waals surface area contributed by atoms with Gasteiger partial charge < -0.3 is 9.84 Å². The standard InChI is InChI=1S/C13H10ClFO2/c14-10-2-1-3-12(7-10)17-13-5-4-11(15)6-9(13)8-16/h1-7,16H,8H2. The van der Waals surface area contributed by atoms with Crippen molar-refractivity contribution >= 4 is 11.6 Å². The average Bonchev–Trinajstić information content (AvgIpc) is 2.31. The summed E-state index contributed by atoms with van der Waals surface area (Å²) in [5.74, 6) is 0.544. The number of ether oxygens (including phenoxy) is 1. The van der Waals surface area contributed by atoms with Gasteiger partial charge in [-0.25, -0.2) is 4.39 Å². The molecule has 0 bridgehead atoms. The van der Waals surface area contributed by atoms with E-state index in [1.165, 1.54) is 18.2 Å². The maximum Gasteiger partial charge on any atom is 0.133 e. The third-order valence-electron chi connectivity index (χ3n) is 2.22. The molecule has 0 aromatic heterocycles. The Morgan fingerprint density at radius 2 is 2.00 bits per heavy atom. The van der Waals surface area contributed by atoms with E-state index in [0.29, 0.717) is 22.1 Å². The van der Waals surface area contributed by atoms with Crippen molar-refractivity contribution in [2.75, 3.05) is 0 Å². The fourth-order valence-electron chi connectivity index (χ4n) is 1.43. The lowest BCUT2D eigenvalue weighted by atomic mass is 10.2. The van der Waals surface area contributed by atoms with E-state index >= 15 is 0 Å². The van der Waals surface area contributed by atoms with Gasteiger partial charge in [0.1, 0.15) is 17.3 Å². The van der Waals surface area contributed by atoms with Gasteiger partial charge in [-0.15, -0.1) is 0 Å². The fourth-order valence-corrected chi connectivity index (χ4v) is 1.61. The lowest BCUT2D eigenvalue weighted by Crippen LogP contribution is -1.92. The normalized spacial score (nSPS) is 10.3. The third-order valence-corrected chi connectivity index (χ3v) is 2.45. The molecule has 88 valence electrons. The van der Waals surface area contributed by atoms with E-state index in [1.807, 2.05) is 0 Å². The number of rotatable bonds is 3. The van der Waals surface area contributed by atoms with Crippen LogP contribution < -0.4 is 4.74 Å². The predicted octanol–water partition coefficient (Wildman–Crippen LogP) is 3.76. The van der Waals surface area contributed by atoms with Gasteiger partial charge in [-0.05, 0) is 36.4 Å². The Bertz CT molecular complexity index is 529. The van der Waals surface area contributed by atoms with E-state index in [4.69, 9.17) is 21.4 Å². The Morgan fingerprint density at radius 3 is 2.71 bits per heavy atom. The van der Waals surface area contributed by atoms with Crippen LogP contribution in [0.2, 0.25) is 5.02 Å². The first-order valence-corrected chi connectivity index (χ1v) is 5.39. The highest BCUT2D eigenvalue weighted by molar-refractivity contribution is 6.30. The van der Waals surface area contributed by atoms with Gasteiger partial charge in [0.15, 0.2) is 0 Å². The van der Waals surface area contributed by atoms with Gasteiger partial charge in [-0.2, -0.15) is 0 Å². The van der Waals surface area contributed by atoms with Crippen LogP contribution in [0.5, 0.6) is 11.5 Å². The number of aliphatic hydroxyl groups excluding tert-OH is 1. The van der Waals surface area contributed by atoms with Crippen molar-refractivity contribution in [3.63, 3.8) is 0 Å². The van der Waals surface area contributed by atoms with Gasteiger partial charge in [-0.3, -0.25) is 0 Å². The second-order valence-electron chi connectivity index (χ2n) is 3.47. The molecule has 0 saturated carbocycles. The summed E-state index contributed by atoms with van der Waals surface area (Å²) in [6.45, 7) is -0.284. The van der Waals surface area contributed by atoms with Crippen molar-refractivity contribution in [3.8, 4) is 11.5 Å². The van der Waals surface area contributed by atoms with Crippen LogP contribution in [0.1, 0.15) is 5.56 Å². The summed E-state index contributed by atoms with van der Waals surface area (Å²) in [4.78, 5) is 0. The van der Waals surface area contributed by atoms with Crippen LogP contribution in [0, 0.1) is 5.82 Å². The number of aliphatic hydroxyl groups is 1. The molecule has 0 heterocycles. The van der Waals surface area contributed by atoms with Crippen LogP contribution >= 0.6 is 11.6 Å². The monoisotopic (exact) mass is 252 g/mol. The van der Waals surface area contributed by atoms with Crippen LogP contribution in [0.25, 0.3) is 0 Å². The number of benzene rings is 2. The molecule has 0 saturated heterocycles. The molecule has 2 rings (SSSR count). The molecule has 2 aromatic rings. The second-order valence-corrected chi connectivity index (χ2v) is 3.91. The largest absolute Gasteiger partial charge is 0.457 e. The smallest absolute Gasteiger partial charge is 0.133 e. The van der Waals surface area contributed by atoms with Crippen molar-refractivity contribution in [2.24, 2.45) is 0 Å². The molecule has 0 fully saturated rings. The molecule has 2 nitrogen and oxygen atoms in total. The van der Waals surface area contributed by atoms with Gasteiger partial charge >= 0.3 is 0 Å². The Hall–Kier alpha value is -1.58. The lowest BCUT2D eigenvalue weighted by molar-refractivity contribution is 0.276. The molecule has 0 radical (unpaired) electrons. The van der Waals surface area contributed by atoms with E-state index in [-0.39, 0.29) is 6.61 Å². The first kappa shape index (κ1) is 11.9. The highest BCUT2D eigenvalue weighted by Gasteiger charge is 2.06. The molecule has 1 N–H and O–H groups in total. The maximum absolute atomic E-state index is 12.9. The van der Waals surface area contributed by atoms with E-state index in [9.17, 15) is 4.39 Å². The third kappa shape index (κ3) is 2.96. The van der Waals surface area contributed by atoms with Crippen LogP contribution in [0.3, 0.4) is 0 Å². The first-order chi connectivity index (χ1) is 8.19. The van der Waals surface area contributed by atoms with Crippen molar-refractivity contribution in [1.82, 2.24) is 0 Å². The molecular weight excluding hydrogens is 243 g/mol. The first-order valence-electron chi connectivity index (χ1n) is 5.02. The SMILES string of the molecule is OCc1cc(F)ccc1Oc1cccc(Cl)c1. The van der Waals surface area contributed by atoms with Crippen molar-refractivity contribution in [1.29, 1.82) is 0 Å². The van der Waals surface area contributed by atoms with Crippen LogP contribution in [-0.2, 0) is 6.61 Å². The molecule has 0 atom stereocenters. The van der Waals surface area contributed by atoms with Crippen molar-refractivity contribution in [3.05, 3.63) is 58.9 Å². The Balaban J connectivity index is 2.29. The number of hydrogen-bond donors (Lipinski definition) is 1. The highest BCUT2D eigenvalue weighted by atomic mass is 35.5. The Morgan fingerprint density at radius 1 is 1.18 bits per heavy atom. The Kier molecular flexibility index (Phi) is 3.61. The predicted molar refractivity (Wildman–Crippen MR) is 63.8 cm³/mol. The number of halogens is 2.